The van der Waals surface area contributed by atoms with Crippen LogP contribution in [0, 0.1) is 11.3 Å². The van der Waals surface area contributed by atoms with Crippen LogP contribution in [0.15, 0.2) is 17.0 Å². The Hall–Kier alpha value is -1.53. The fourth-order valence-corrected chi connectivity index (χ4v) is 3.63. The lowest BCUT2D eigenvalue weighted by Crippen LogP contribution is -2.41. The lowest BCUT2D eigenvalue weighted by atomic mass is 9.81. The minimum atomic E-state index is -4.67. The highest BCUT2D eigenvalue weighted by Gasteiger charge is 2.51. The van der Waals surface area contributed by atoms with Crippen molar-refractivity contribution in [2.24, 2.45) is 0 Å². The van der Waals surface area contributed by atoms with Crippen molar-refractivity contribution in [1.82, 2.24) is 0 Å². The van der Waals surface area contributed by atoms with E-state index < -0.39 is 51.8 Å². The van der Waals surface area contributed by atoms with Crippen LogP contribution in [0.1, 0.15) is 36.5 Å². The Morgan fingerprint density at radius 3 is 2.46 bits per heavy atom. The molecular formula is C15H12F5NO2S. The van der Waals surface area contributed by atoms with E-state index in [-0.39, 0.29) is 11.3 Å². The van der Waals surface area contributed by atoms with Crippen molar-refractivity contribution in [2.75, 3.05) is 0 Å². The average molecular weight is 365 g/mol. The maximum Gasteiger partial charge on any atom is 0.446 e. The molecule has 0 spiro atoms. The van der Waals surface area contributed by atoms with Gasteiger partial charge in [-0.2, -0.15) is 18.4 Å². The highest BCUT2D eigenvalue weighted by Crippen LogP contribution is 2.53. The molecule has 9 heteroatoms. The predicted molar refractivity (Wildman–Crippen MR) is 74.8 cm³/mol. The molecule has 0 saturated heterocycles. The van der Waals surface area contributed by atoms with Crippen molar-refractivity contribution in [1.29, 1.82) is 5.26 Å². The first-order chi connectivity index (χ1) is 11.1. The SMILES string of the molecule is N#CC1(Oc2ccc(SC(F)(F)F)c3c2CC(F)(F)C3O)CCC1. The van der Waals surface area contributed by atoms with Gasteiger partial charge < -0.3 is 9.84 Å². The van der Waals surface area contributed by atoms with Crippen molar-refractivity contribution in [3.05, 3.63) is 23.3 Å². The van der Waals surface area contributed by atoms with Crippen molar-refractivity contribution < 1.29 is 31.8 Å². The highest BCUT2D eigenvalue weighted by atomic mass is 32.2. The highest BCUT2D eigenvalue weighted by molar-refractivity contribution is 8.00. The maximum absolute atomic E-state index is 13.9. The second-order valence-electron chi connectivity index (χ2n) is 5.90. The van der Waals surface area contributed by atoms with Crippen molar-refractivity contribution in [2.45, 2.75) is 53.7 Å². The van der Waals surface area contributed by atoms with Crippen molar-refractivity contribution >= 4 is 11.8 Å². The van der Waals surface area contributed by atoms with Gasteiger partial charge in [-0.05, 0) is 30.3 Å². The van der Waals surface area contributed by atoms with Gasteiger partial charge >= 0.3 is 5.51 Å². The number of alkyl halides is 5. The third-order valence-electron chi connectivity index (χ3n) is 4.26. The van der Waals surface area contributed by atoms with Gasteiger partial charge in [0.2, 0.25) is 0 Å². The van der Waals surface area contributed by atoms with Crippen LogP contribution in [0.25, 0.3) is 0 Å². The first-order valence-electron chi connectivity index (χ1n) is 7.15. The number of aliphatic hydroxyl groups excluding tert-OH is 1. The smallest absolute Gasteiger partial charge is 0.446 e. The van der Waals surface area contributed by atoms with Crippen LogP contribution in [-0.2, 0) is 6.42 Å². The van der Waals surface area contributed by atoms with E-state index in [1.807, 2.05) is 6.07 Å². The fourth-order valence-electron chi connectivity index (χ4n) is 2.90. The molecule has 1 aromatic rings. The molecule has 3 nitrogen and oxygen atoms in total. The molecule has 0 amide bonds. The zero-order chi connectivity index (χ0) is 17.8. The van der Waals surface area contributed by atoms with Crippen LogP contribution >= 0.6 is 11.8 Å². The van der Waals surface area contributed by atoms with Gasteiger partial charge in [0, 0.05) is 35.3 Å². The number of hydrogen-bond donors (Lipinski definition) is 1. The lowest BCUT2D eigenvalue weighted by molar-refractivity contribution is -0.0978. The van der Waals surface area contributed by atoms with E-state index in [1.165, 1.54) is 6.07 Å². The average Bonchev–Trinajstić information content (AvgIpc) is 2.66. The number of thioether (sulfide) groups is 1. The molecule has 1 atom stereocenters. The third-order valence-corrected chi connectivity index (χ3v) is 5.06. The Morgan fingerprint density at radius 2 is 1.96 bits per heavy atom. The number of nitriles is 1. The summed E-state index contributed by atoms with van der Waals surface area (Å²) < 4.78 is 71.2. The molecule has 1 saturated carbocycles. The Morgan fingerprint density at radius 1 is 1.29 bits per heavy atom. The summed E-state index contributed by atoms with van der Waals surface area (Å²) in [7, 11) is 0. The van der Waals surface area contributed by atoms with Gasteiger partial charge in [-0.25, -0.2) is 8.78 Å². The predicted octanol–water partition coefficient (Wildman–Crippen LogP) is 4.35. The molecule has 2 aliphatic rings. The summed E-state index contributed by atoms with van der Waals surface area (Å²) in [4.78, 5) is -0.478. The summed E-state index contributed by atoms with van der Waals surface area (Å²) in [5.41, 5.74) is -6.43. The number of rotatable bonds is 3. The number of benzene rings is 1. The van der Waals surface area contributed by atoms with Crippen LogP contribution in [0.3, 0.4) is 0 Å². The van der Waals surface area contributed by atoms with E-state index in [0.717, 1.165) is 12.5 Å². The van der Waals surface area contributed by atoms with Crippen molar-refractivity contribution in [3.63, 3.8) is 0 Å². The normalized spacial score (nSPS) is 24.0. The summed E-state index contributed by atoms with van der Waals surface area (Å²) in [6, 6.07) is 4.15. The number of ether oxygens (including phenoxy) is 1. The van der Waals surface area contributed by atoms with Gasteiger partial charge in [0.05, 0.1) is 0 Å². The van der Waals surface area contributed by atoms with Crippen LogP contribution < -0.4 is 4.74 Å². The number of halogens is 5. The van der Waals surface area contributed by atoms with Crippen molar-refractivity contribution in [3.8, 4) is 11.8 Å². The molecule has 0 bridgehead atoms. The molecule has 130 valence electrons. The van der Waals surface area contributed by atoms with Gasteiger partial charge in [-0.3, -0.25) is 0 Å². The molecule has 1 aromatic carbocycles. The van der Waals surface area contributed by atoms with Crippen LogP contribution in [0.2, 0.25) is 0 Å². The van der Waals surface area contributed by atoms with Gasteiger partial charge in [-0.15, -0.1) is 0 Å². The monoisotopic (exact) mass is 365 g/mol. The topological polar surface area (TPSA) is 53.2 Å². The molecule has 0 heterocycles. The van der Waals surface area contributed by atoms with Gasteiger partial charge in [0.15, 0.2) is 5.60 Å². The van der Waals surface area contributed by atoms with Gasteiger partial charge in [0.1, 0.15) is 17.9 Å². The summed E-state index contributed by atoms with van der Waals surface area (Å²) in [6.07, 6.45) is -1.66. The molecular weight excluding hydrogens is 353 g/mol. The molecule has 3 rings (SSSR count). The van der Waals surface area contributed by atoms with Crippen LogP contribution in [0.5, 0.6) is 5.75 Å². The number of hydrogen-bond acceptors (Lipinski definition) is 4. The van der Waals surface area contributed by atoms with E-state index >= 15 is 0 Å². The van der Waals surface area contributed by atoms with Crippen LogP contribution in [-0.4, -0.2) is 22.1 Å². The van der Waals surface area contributed by atoms with Gasteiger partial charge in [-0.1, -0.05) is 0 Å². The minimum Gasteiger partial charge on any atom is -0.472 e. The maximum atomic E-state index is 13.9. The molecule has 1 unspecified atom stereocenters. The zero-order valence-corrected chi connectivity index (χ0v) is 13.0. The van der Waals surface area contributed by atoms with Crippen LogP contribution in [0.4, 0.5) is 22.0 Å². The number of aliphatic hydroxyl groups is 1. The van der Waals surface area contributed by atoms with E-state index in [9.17, 15) is 32.3 Å². The Labute approximate surface area is 138 Å². The fraction of sp³-hybridized carbons (Fsp3) is 0.533. The summed E-state index contributed by atoms with van der Waals surface area (Å²) in [5, 5.41) is 19.0. The molecule has 24 heavy (non-hydrogen) atoms. The summed E-state index contributed by atoms with van der Waals surface area (Å²) in [6.45, 7) is 0. The molecule has 1 N–H and O–H groups in total. The molecule has 2 aliphatic carbocycles. The number of nitrogens with zero attached hydrogens (tertiary/aromatic N) is 1. The summed E-state index contributed by atoms with van der Waals surface area (Å²) in [5.74, 6) is -3.64. The molecule has 0 aromatic heterocycles. The molecule has 0 radical (unpaired) electrons. The third kappa shape index (κ3) is 2.93. The summed E-state index contributed by atoms with van der Waals surface area (Å²) >= 11 is -0.551. The minimum absolute atomic E-state index is 0.0611. The van der Waals surface area contributed by atoms with E-state index in [4.69, 9.17) is 4.74 Å². The largest absolute Gasteiger partial charge is 0.472 e. The Balaban J connectivity index is 2.04. The second kappa shape index (κ2) is 5.49. The Bertz CT molecular complexity index is 709. The lowest BCUT2D eigenvalue weighted by Gasteiger charge is -2.36. The van der Waals surface area contributed by atoms with Gasteiger partial charge in [0.25, 0.3) is 5.92 Å². The first-order valence-corrected chi connectivity index (χ1v) is 7.96. The quantitative estimate of drug-likeness (QED) is 0.639. The molecule has 0 aliphatic heterocycles. The first kappa shape index (κ1) is 17.3. The van der Waals surface area contributed by atoms with E-state index in [1.54, 1.807) is 0 Å². The zero-order valence-electron chi connectivity index (χ0n) is 12.2. The molecule has 1 fully saturated rings. The standard InChI is InChI=1S/C15H12F5NO2S/c16-14(17)6-8-9(23-13(7-21)4-1-5-13)2-3-10(11(8)12(14)22)24-15(18,19)20/h2-3,12,22H,1,4-6H2. The van der Waals surface area contributed by atoms with E-state index in [0.29, 0.717) is 12.8 Å². The second-order valence-corrected chi connectivity index (χ2v) is 7.01. The van der Waals surface area contributed by atoms with E-state index in [2.05, 4.69) is 0 Å². The Kier molecular flexibility index (Phi) is 3.96. The number of fused-ring (bicyclic) bond motifs is 1.